The van der Waals surface area contributed by atoms with Gasteiger partial charge in [-0.1, -0.05) is 42.5 Å². The highest BCUT2D eigenvalue weighted by Crippen LogP contribution is 2.12. The van der Waals surface area contributed by atoms with Crippen LogP contribution in [0.2, 0.25) is 0 Å². The molecule has 0 radical (unpaired) electrons. The van der Waals surface area contributed by atoms with Crippen LogP contribution in [0.4, 0.5) is 0 Å². The van der Waals surface area contributed by atoms with E-state index in [1.165, 1.54) is 0 Å². The molecule has 1 aromatic rings. The zero-order chi connectivity index (χ0) is 10.7. The molecule has 2 rings (SSSR count). The summed E-state index contributed by atoms with van der Waals surface area (Å²) in [5, 5.41) is 2.76. The first-order valence-electron chi connectivity index (χ1n) is 4.87. The van der Waals surface area contributed by atoms with E-state index in [1.807, 2.05) is 42.5 Å². The Hall–Kier alpha value is -1.61. The smallest absolute Gasteiger partial charge is 0.252 e. The van der Waals surface area contributed by atoms with Crippen molar-refractivity contribution in [3.8, 4) is 0 Å². The van der Waals surface area contributed by atoms with Crippen molar-refractivity contribution >= 4 is 12.0 Å². The quantitative estimate of drug-likeness (QED) is 0.750. The lowest BCUT2D eigenvalue weighted by Gasteiger charge is -2.33. The van der Waals surface area contributed by atoms with Gasteiger partial charge < -0.3 is 10.1 Å². The number of benzene rings is 1. The van der Waals surface area contributed by atoms with Crippen LogP contribution in [-0.2, 0) is 9.53 Å². The number of hydrogen-bond donors (Lipinski definition) is 1. The molecule has 0 bridgehead atoms. The number of ether oxygens (including phenoxy) is 1. The van der Waals surface area contributed by atoms with Gasteiger partial charge in [0.1, 0.15) is 0 Å². The first kappa shape index (κ1) is 9.93. The molecule has 0 spiro atoms. The van der Waals surface area contributed by atoms with Gasteiger partial charge in [-0.25, -0.2) is 0 Å². The van der Waals surface area contributed by atoms with Crippen molar-refractivity contribution in [2.24, 2.45) is 0 Å². The lowest BCUT2D eigenvalue weighted by molar-refractivity contribution is -0.142. The first-order valence-corrected chi connectivity index (χ1v) is 4.87. The van der Waals surface area contributed by atoms with Gasteiger partial charge in [-0.3, -0.25) is 4.79 Å². The zero-order valence-corrected chi connectivity index (χ0v) is 8.51. The van der Waals surface area contributed by atoms with Crippen molar-refractivity contribution in [3.05, 3.63) is 42.0 Å². The Morgan fingerprint density at radius 2 is 2.07 bits per heavy atom. The Balaban J connectivity index is 1.98. The van der Waals surface area contributed by atoms with Crippen LogP contribution in [-0.4, -0.2) is 25.2 Å². The van der Waals surface area contributed by atoms with Crippen molar-refractivity contribution in [1.82, 2.24) is 5.32 Å². The monoisotopic (exact) mass is 203 g/mol. The SMILES string of the molecule is CO[C@@H]1C(=O)N[C@@H]1C=Cc1ccccc1. The van der Waals surface area contributed by atoms with Crippen molar-refractivity contribution < 1.29 is 9.53 Å². The van der Waals surface area contributed by atoms with E-state index in [0.29, 0.717) is 0 Å². The summed E-state index contributed by atoms with van der Waals surface area (Å²) in [5.41, 5.74) is 1.12. The standard InChI is InChI=1S/C12H13NO2/c1-15-11-10(13-12(11)14)8-7-9-5-3-2-4-6-9/h2-8,10-11H,1H3,(H,13,14)/t10-,11+/m1/s1. The molecular weight excluding hydrogens is 190 g/mol. The molecule has 1 N–H and O–H groups in total. The van der Waals surface area contributed by atoms with Gasteiger partial charge in [0, 0.05) is 7.11 Å². The van der Waals surface area contributed by atoms with Crippen LogP contribution < -0.4 is 5.32 Å². The molecule has 15 heavy (non-hydrogen) atoms. The minimum absolute atomic E-state index is 0.00251. The van der Waals surface area contributed by atoms with E-state index in [-0.39, 0.29) is 18.1 Å². The average molecular weight is 203 g/mol. The van der Waals surface area contributed by atoms with Crippen molar-refractivity contribution in [2.45, 2.75) is 12.1 Å². The van der Waals surface area contributed by atoms with Crippen LogP contribution in [0.25, 0.3) is 6.08 Å². The molecule has 1 saturated heterocycles. The van der Waals surface area contributed by atoms with E-state index in [9.17, 15) is 4.79 Å². The molecule has 0 aromatic heterocycles. The second kappa shape index (κ2) is 4.28. The Kier molecular flexibility index (Phi) is 2.83. The summed E-state index contributed by atoms with van der Waals surface area (Å²) in [4.78, 5) is 11.0. The summed E-state index contributed by atoms with van der Waals surface area (Å²) in [5.74, 6) is -0.0415. The summed E-state index contributed by atoms with van der Waals surface area (Å²) >= 11 is 0. The molecule has 0 aliphatic carbocycles. The predicted molar refractivity (Wildman–Crippen MR) is 58.2 cm³/mol. The molecule has 1 aromatic carbocycles. The zero-order valence-electron chi connectivity index (χ0n) is 8.51. The van der Waals surface area contributed by atoms with Crippen LogP contribution in [0.5, 0.6) is 0 Å². The second-order valence-electron chi connectivity index (χ2n) is 3.46. The fourth-order valence-corrected chi connectivity index (χ4v) is 1.57. The molecule has 2 atom stereocenters. The molecular formula is C12H13NO2. The molecule has 1 aliphatic heterocycles. The number of carbonyl (C=O) groups excluding carboxylic acids is 1. The number of β-lactam (4-membered cyclic amide) rings is 1. The first-order chi connectivity index (χ1) is 7.31. The number of rotatable bonds is 3. The number of amides is 1. The normalized spacial score (nSPS) is 25.0. The maximum atomic E-state index is 11.0. The van der Waals surface area contributed by atoms with E-state index >= 15 is 0 Å². The van der Waals surface area contributed by atoms with Crippen LogP contribution in [0, 0.1) is 0 Å². The fraction of sp³-hybridized carbons (Fsp3) is 0.250. The molecule has 1 fully saturated rings. The maximum absolute atomic E-state index is 11.0. The molecule has 0 unspecified atom stereocenters. The molecule has 3 nitrogen and oxygen atoms in total. The van der Waals surface area contributed by atoms with Gasteiger partial charge >= 0.3 is 0 Å². The van der Waals surface area contributed by atoms with Gasteiger partial charge in [0.2, 0.25) is 0 Å². The molecule has 1 amide bonds. The van der Waals surface area contributed by atoms with E-state index in [0.717, 1.165) is 5.56 Å². The minimum atomic E-state index is -0.329. The Morgan fingerprint density at radius 1 is 1.33 bits per heavy atom. The summed E-state index contributed by atoms with van der Waals surface area (Å²) < 4.78 is 5.04. The Labute approximate surface area is 88.8 Å². The van der Waals surface area contributed by atoms with Crippen LogP contribution in [0.3, 0.4) is 0 Å². The number of hydrogen-bond acceptors (Lipinski definition) is 2. The fourth-order valence-electron chi connectivity index (χ4n) is 1.57. The topological polar surface area (TPSA) is 38.3 Å². The predicted octanol–water partition coefficient (Wildman–Crippen LogP) is 1.21. The Bertz CT molecular complexity index is 372. The second-order valence-corrected chi connectivity index (χ2v) is 3.46. The number of methoxy groups -OCH3 is 1. The van der Waals surface area contributed by atoms with Crippen LogP contribution in [0.1, 0.15) is 5.56 Å². The van der Waals surface area contributed by atoms with Crippen LogP contribution >= 0.6 is 0 Å². The molecule has 78 valence electrons. The number of carbonyl (C=O) groups is 1. The summed E-state index contributed by atoms with van der Waals surface area (Å²) in [6.07, 6.45) is 3.60. The van der Waals surface area contributed by atoms with Crippen molar-refractivity contribution in [3.63, 3.8) is 0 Å². The lowest BCUT2D eigenvalue weighted by Crippen LogP contribution is -2.62. The average Bonchev–Trinajstić information content (AvgIpc) is 2.26. The van der Waals surface area contributed by atoms with Crippen molar-refractivity contribution in [1.29, 1.82) is 0 Å². The third kappa shape index (κ3) is 2.07. The molecule has 1 heterocycles. The Morgan fingerprint density at radius 3 is 2.67 bits per heavy atom. The van der Waals surface area contributed by atoms with Gasteiger partial charge in [0.25, 0.3) is 5.91 Å². The third-order valence-corrected chi connectivity index (χ3v) is 2.44. The third-order valence-electron chi connectivity index (χ3n) is 2.44. The molecule has 1 aliphatic rings. The van der Waals surface area contributed by atoms with Crippen LogP contribution in [0.15, 0.2) is 36.4 Å². The minimum Gasteiger partial charge on any atom is -0.369 e. The van der Waals surface area contributed by atoms with Gasteiger partial charge in [0.15, 0.2) is 6.10 Å². The lowest BCUT2D eigenvalue weighted by atomic mass is 10.0. The highest BCUT2D eigenvalue weighted by Gasteiger charge is 2.37. The van der Waals surface area contributed by atoms with E-state index in [2.05, 4.69) is 5.32 Å². The highest BCUT2D eigenvalue weighted by molar-refractivity contribution is 5.89. The van der Waals surface area contributed by atoms with E-state index in [1.54, 1.807) is 7.11 Å². The van der Waals surface area contributed by atoms with Crippen molar-refractivity contribution in [2.75, 3.05) is 7.11 Å². The van der Waals surface area contributed by atoms with Gasteiger partial charge in [-0.2, -0.15) is 0 Å². The number of nitrogens with one attached hydrogen (secondary N) is 1. The van der Waals surface area contributed by atoms with E-state index in [4.69, 9.17) is 4.74 Å². The summed E-state index contributed by atoms with van der Waals surface area (Å²) in [6.45, 7) is 0. The summed E-state index contributed by atoms with van der Waals surface area (Å²) in [6, 6.07) is 9.96. The molecule has 0 saturated carbocycles. The highest BCUT2D eigenvalue weighted by atomic mass is 16.5. The largest absolute Gasteiger partial charge is 0.369 e. The van der Waals surface area contributed by atoms with E-state index < -0.39 is 0 Å². The molecule has 3 heteroatoms. The summed E-state index contributed by atoms with van der Waals surface area (Å²) in [7, 11) is 1.55. The van der Waals surface area contributed by atoms with Gasteiger partial charge in [0.05, 0.1) is 6.04 Å². The maximum Gasteiger partial charge on any atom is 0.252 e. The van der Waals surface area contributed by atoms with Gasteiger partial charge in [-0.05, 0) is 5.56 Å². The van der Waals surface area contributed by atoms with Gasteiger partial charge in [-0.15, -0.1) is 0 Å².